The zero-order valence-electron chi connectivity index (χ0n) is 20.3. The van der Waals surface area contributed by atoms with Crippen LogP contribution >= 0.6 is 7.60 Å². The van der Waals surface area contributed by atoms with E-state index in [1.807, 2.05) is 0 Å². The van der Waals surface area contributed by atoms with E-state index < -0.39 is 25.2 Å². The van der Waals surface area contributed by atoms with Crippen molar-refractivity contribution in [1.29, 1.82) is 0 Å². The average molecular weight is 504 g/mol. The predicted octanol–water partition coefficient (Wildman–Crippen LogP) is 3.21. The van der Waals surface area contributed by atoms with E-state index in [9.17, 15) is 14.2 Å². The highest BCUT2D eigenvalue weighted by Crippen LogP contribution is 2.46. The summed E-state index contributed by atoms with van der Waals surface area (Å²) in [6, 6.07) is 6.89. The minimum Gasteiger partial charge on any atom is -0.442 e. The fourth-order valence-corrected chi connectivity index (χ4v) is 4.76. The number of hydrogen-bond acceptors (Lipinski definition) is 10. The number of fused-ring (bicyclic) bond motifs is 1. The molecule has 0 radical (unpaired) electrons. The first-order valence-electron chi connectivity index (χ1n) is 11.0. The van der Waals surface area contributed by atoms with E-state index in [1.54, 1.807) is 58.9 Å². The second kappa shape index (κ2) is 10.5. The predicted molar refractivity (Wildman–Crippen MR) is 130 cm³/mol. The van der Waals surface area contributed by atoms with Crippen molar-refractivity contribution in [3.63, 3.8) is 0 Å². The van der Waals surface area contributed by atoms with Gasteiger partial charge in [-0.3, -0.25) is 9.36 Å². The number of carbonyl (C=O) groups is 2. The monoisotopic (exact) mass is 504 g/mol. The number of hydrogen-bond donors (Lipinski definition) is 2. The lowest BCUT2D eigenvalue weighted by Gasteiger charge is -2.19. The van der Waals surface area contributed by atoms with Crippen LogP contribution in [0.3, 0.4) is 0 Å². The van der Waals surface area contributed by atoms with Crippen LogP contribution in [0.1, 0.15) is 50.7 Å². The summed E-state index contributed by atoms with van der Waals surface area (Å²) in [5, 5.41) is 7.60. The summed E-state index contributed by atoms with van der Waals surface area (Å²) < 4.78 is 30.0. The molecule has 0 saturated carbocycles. The number of carbonyl (C=O) groups excluding carboxylic acids is 2. The second-order valence-electron chi connectivity index (χ2n) is 8.38. The van der Waals surface area contributed by atoms with Gasteiger partial charge in [0.05, 0.1) is 18.5 Å². The van der Waals surface area contributed by atoms with Crippen molar-refractivity contribution in [2.24, 2.45) is 5.73 Å². The van der Waals surface area contributed by atoms with Gasteiger partial charge in [-0.15, -0.1) is 0 Å². The number of anilines is 1. The van der Waals surface area contributed by atoms with Gasteiger partial charge in [-0.2, -0.15) is 9.78 Å². The van der Waals surface area contributed by atoms with Gasteiger partial charge in [0.15, 0.2) is 11.5 Å². The minimum atomic E-state index is -3.39. The van der Waals surface area contributed by atoms with Crippen molar-refractivity contribution < 1.29 is 27.9 Å². The van der Waals surface area contributed by atoms with Gasteiger partial charge in [0.2, 0.25) is 0 Å². The summed E-state index contributed by atoms with van der Waals surface area (Å²) in [7, 11) is -3.39. The van der Waals surface area contributed by atoms with Crippen LogP contribution < -0.4 is 16.4 Å². The van der Waals surface area contributed by atoms with Crippen molar-refractivity contribution in [1.82, 2.24) is 19.7 Å². The maximum atomic E-state index is 12.9. The van der Waals surface area contributed by atoms with E-state index in [0.29, 0.717) is 5.30 Å². The largest absolute Gasteiger partial charge is 0.442 e. The van der Waals surface area contributed by atoms with Crippen LogP contribution in [-0.2, 0) is 24.9 Å². The number of nitrogens with one attached hydrogen (secondary N) is 1. The third kappa shape index (κ3) is 6.02. The number of benzene rings is 1. The minimum absolute atomic E-state index is 0.116. The van der Waals surface area contributed by atoms with E-state index in [1.165, 1.54) is 6.33 Å². The van der Waals surface area contributed by atoms with Crippen LogP contribution in [0.4, 0.5) is 10.6 Å². The third-order valence-corrected chi connectivity index (χ3v) is 6.70. The summed E-state index contributed by atoms with van der Waals surface area (Å²) >= 11 is 0. The molecule has 0 unspecified atom stereocenters. The molecule has 0 fully saturated rings. The highest BCUT2D eigenvalue weighted by molar-refractivity contribution is 7.62. The number of amides is 1. The van der Waals surface area contributed by atoms with Crippen molar-refractivity contribution in [3.8, 4) is 0 Å². The van der Waals surface area contributed by atoms with E-state index in [-0.39, 0.29) is 42.3 Å². The summed E-state index contributed by atoms with van der Waals surface area (Å²) in [6.45, 7) is 9.41. The first-order chi connectivity index (χ1) is 16.5. The van der Waals surface area contributed by atoms with Gasteiger partial charge >= 0.3 is 13.7 Å². The summed E-state index contributed by atoms with van der Waals surface area (Å²) in [5.74, 6) is -0.593. The molecule has 0 atom stereocenters. The fourth-order valence-electron chi connectivity index (χ4n) is 3.19. The Kier molecular flexibility index (Phi) is 7.89. The molecule has 12 nitrogen and oxygen atoms in total. The van der Waals surface area contributed by atoms with Gasteiger partial charge in [0, 0.05) is 6.54 Å². The molecule has 35 heavy (non-hydrogen) atoms. The molecule has 0 aliphatic heterocycles. The van der Waals surface area contributed by atoms with Gasteiger partial charge in [0.1, 0.15) is 23.0 Å². The molecule has 2 aromatic heterocycles. The molecule has 0 bridgehead atoms. The number of rotatable bonds is 9. The smallest absolute Gasteiger partial charge is 0.435 e. The lowest BCUT2D eigenvalue weighted by atomic mass is 10.2. The number of primary amides is 1. The topological polar surface area (TPSA) is 161 Å². The highest BCUT2D eigenvalue weighted by Gasteiger charge is 2.28. The number of aromatic nitrogens is 4. The van der Waals surface area contributed by atoms with Crippen LogP contribution in [-0.4, -0.2) is 50.6 Å². The molecular weight excluding hydrogens is 475 g/mol. The molecule has 0 spiro atoms. The quantitative estimate of drug-likeness (QED) is 0.414. The van der Waals surface area contributed by atoms with E-state index in [0.717, 1.165) is 10.2 Å². The van der Waals surface area contributed by atoms with Crippen molar-refractivity contribution >= 4 is 41.8 Å². The lowest BCUT2D eigenvalue weighted by Crippen LogP contribution is -2.28. The normalized spacial score (nSPS) is 12.0. The Morgan fingerprint density at radius 3 is 2.26 bits per heavy atom. The van der Waals surface area contributed by atoms with Crippen LogP contribution in [0.2, 0.25) is 0 Å². The first-order valence-corrected chi connectivity index (χ1v) is 12.5. The molecule has 0 aliphatic rings. The number of ether oxygens (including phenoxy) is 1. The standard InChI is InChI=1S/C22H29N6O6P/c1-6-32-35(31,33-7-2)15-10-8-14(9-11-15)12-24-20-18-16(25-13-26-20)17(19(23)29)27-28(18)21(30)34-22(3,4)5/h8-11,13H,6-7,12H2,1-5H3,(H2,23,29)(H,24,25,26). The molecule has 3 rings (SSSR count). The van der Waals surface area contributed by atoms with Crippen LogP contribution in [0.15, 0.2) is 30.6 Å². The van der Waals surface area contributed by atoms with Crippen LogP contribution in [0.5, 0.6) is 0 Å². The molecule has 188 valence electrons. The number of nitrogens with zero attached hydrogens (tertiary/aromatic N) is 4. The first kappa shape index (κ1) is 26.3. The zero-order valence-corrected chi connectivity index (χ0v) is 21.2. The van der Waals surface area contributed by atoms with Gasteiger partial charge in [-0.1, -0.05) is 12.1 Å². The Bertz CT molecular complexity index is 1260. The highest BCUT2D eigenvalue weighted by atomic mass is 31.2. The Hall–Kier alpha value is -3.34. The Labute approximate surface area is 202 Å². The molecule has 1 amide bonds. The Balaban J connectivity index is 1.91. The van der Waals surface area contributed by atoms with Gasteiger partial charge < -0.3 is 24.8 Å². The molecular formula is C22H29N6O6P. The second-order valence-corrected chi connectivity index (χ2v) is 10.4. The maximum Gasteiger partial charge on any atom is 0.435 e. The van der Waals surface area contributed by atoms with Gasteiger partial charge in [-0.05, 0) is 52.3 Å². The van der Waals surface area contributed by atoms with E-state index in [2.05, 4.69) is 20.4 Å². The average Bonchev–Trinajstić information content (AvgIpc) is 3.18. The fraction of sp³-hybridized carbons (Fsp3) is 0.409. The third-order valence-electron chi connectivity index (χ3n) is 4.57. The van der Waals surface area contributed by atoms with Crippen LogP contribution in [0, 0.1) is 0 Å². The van der Waals surface area contributed by atoms with E-state index >= 15 is 0 Å². The van der Waals surface area contributed by atoms with Crippen LogP contribution in [0.25, 0.3) is 11.0 Å². The van der Waals surface area contributed by atoms with Gasteiger partial charge in [0.25, 0.3) is 5.91 Å². The summed E-state index contributed by atoms with van der Waals surface area (Å²) in [6.07, 6.45) is 0.432. The number of nitrogens with two attached hydrogens (primary N) is 1. The summed E-state index contributed by atoms with van der Waals surface area (Å²) in [4.78, 5) is 33.0. The van der Waals surface area contributed by atoms with Gasteiger partial charge in [-0.25, -0.2) is 14.8 Å². The zero-order chi connectivity index (χ0) is 25.8. The van der Waals surface area contributed by atoms with Crippen molar-refractivity contribution in [2.45, 2.75) is 46.8 Å². The lowest BCUT2D eigenvalue weighted by molar-refractivity contribution is 0.0522. The molecule has 1 aromatic carbocycles. The Morgan fingerprint density at radius 1 is 1.09 bits per heavy atom. The van der Waals surface area contributed by atoms with E-state index in [4.69, 9.17) is 19.5 Å². The molecule has 0 aliphatic carbocycles. The SMILES string of the molecule is CCOP(=O)(OCC)c1ccc(CNc2ncnc3c(C(N)=O)nn(C(=O)OC(C)(C)C)c23)cc1. The Morgan fingerprint density at radius 2 is 1.71 bits per heavy atom. The molecule has 3 N–H and O–H groups in total. The molecule has 0 saturated heterocycles. The summed E-state index contributed by atoms with van der Waals surface area (Å²) in [5.41, 5.74) is 5.55. The van der Waals surface area contributed by atoms with Crippen molar-refractivity contribution in [2.75, 3.05) is 18.5 Å². The molecule has 3 aromatic rings. The molecule has 2 heterocycles. The molecule has 13 heteroatoms. The maximum absolute atomic E-state index is 12.9. The van der Waals surface area contributed by atoms with Crippen molar-refractivity contribution in [3.05, 3.63) is 41.9 Å².